The molecule has 14 atom stereocenters. The quantitative estimate of drug-likeness (QED) is 0.0157. The first-order valence-electron chi connectivity index (χ1n) is 27.8. The fourth-order valence-electron chi connectivity index (χ4n) is 8.90. The van der Waals surface area contributed by atoms with Crippen LogP contribution in [-0.2, 0) is 67.1 Å². The summed E-state index contributed by atoms with van der Waals surface area (Å²) in [6, 6.07) is -18.2. The predicted molar refractivity (Wildman–Crippen MR) is 298 cm³/mol. The monoisotopic (exact) mass is 1240 g/mol. The molecule has 0 saturated carbocycles. The van der Waals surface area contributed by atoms with Gasteiger partial charge in [-0.3, -0.25) is 67.3 Å². The van der Waals surface area contributed by atoms with E-state index in [4.69, 9.17) is 22.9 Å². The van der Waals surface area contributed by atoms with Gasteiger partial charge in [0.25, 0.3) is 0 Å². The van der Waals surface area contributed by atoms with Crippen molar-refractivity contribution >= 4 is 88.8 Å². The van der Waals surface area contributed by atoms with E-state index >= 15 is 0 Å². The number of aliphatic imine (C=N–C) groups is 1. The van der Waals surface area contributed by atoms with Gasteiger partial charge in [0.05, 0.1) is 50.5 Å². The van der Waals surface area contributed by atoms with Gasteiger partial charge in [0.1, 0.15) is 54.4 Å². The molecule has 2 aliphatic rings. The Morgan fingerprint density at radius 2 is 0.966 bits per heavy atom. The highest BCUT2D eigenvalue weighted by Crippen LogP contribution is 2.21. The molecule has 2 saturated heterocycles. The number of rotatable bonds is 36. The number of carboxylic acid groups (broad SMARTS) is 2. The summed E-state index contributed by atoms with van der Waals surface area (Å²) >= 11 is 0. The van der Waals surface area contributed by atoms with Crippen molar-refractivity contribution in [2.24, 2.45) is 33.8 Å². The number of nitrogens with one attached hydrogen (secondary N) is 9. The molecule has 0 radical (unpaired) electrons. The normalized spacial score (nSPS) is 18.8. The molecule has 0 unspecified atom stereocenters. The summed E-state index contributed by atoms with van der Waals surface area (Å²) in [6.45, 7) is 3.68. The van der Waals surface area contributed by atoms with Crippen LogP contribution in [0.4, 0.5) is 0 Å². The maximum atomic E-state index is 13.9. The minimum atomic E-state index is -2.12. The van der Waals surface area contributed by atoms with E-state index in [2.05, 4.69) is 47.5 Å². The molecule has 0 bridgehead atoms. The smallest absolute Gasteiger partial charge is 0.328 e. The summed E-state index contributed by atoms with van der Waals surface area (Å²) in [5.74, 6) is -16.9. The second-order valence-corrected chi connectivity index (χ2v) is 21.2. The number of carbonyl (C=O) groups excluding carboxylic acids is 12. The largest absolute Gasteiger partial charge is 0.481 e. The molecule has 0 aromatic rings. The minimum Gasteiger partial charge on any atom is -0.481 e. The van der Waals surface area contributed by atoms with Crippen LogP contribution >= 0.6 is 0 Å². The minimum absolute atomic E-state index is 0.0319. The Bertz CT molecular complexity index is 2510. The van der Waals surface area contributed by atoms with Gasteiger partial charge in [0, 0.05) is 26.1 Å². The van der Waals surface area contributed by atoms with Crippen molar-refractivity contribution < 1.29 is 103 Å². The summed E-state index contributed by atoms with van der Waals surface area (Å²) in [6.07, 6.45) is -7.17. The van der Waals surface area contributed by atoms with Crippen LogP contribution in [0.3, 0.4) is 0 Å². The third kappa shape index (κ3) is 23.8. The molecule has 37 heteroatoms. The number of hydrogen-bond acceptors (Lipinski definition) is 21. The van der Waals surface area contributed by atoms with Crippen molar-refractivity contribution in [1.29, 1.82) is 0 Å². The number of carboxylic acids is 2. The highest BCUT2D eigenvalue weighted by atomic mass is 16.4. The first kappa shape index (κ1) is 74.7. The van der Waals surface area contributed by atoms with Gasteiger partial charge in [0.2, 0.25) is 70.9 Å². The van der Waals surface area contributed by atoms with E-state index in [1.54, 1.807) is 13.8 Å². The Balaban J connectivity index is 2.26. The van der Waals surface area contributed by atoms with E-state index in [-0.39, 0.29) is 63.6 Å². The summed E-state index contributed by atoms with van der Waals surface area (Å²) in [5, 5.41) is 89.7. The van der Waals surface area contributed by atoms with Gasteiger partial charge in [-0.15, -0.1) is 0 Å². The van der Waals surface area contributed by atoms with E-state index in [1.807, 2.05) is 5.32 Å². The molecule has 0 spiro atoms. The molecule has 87 heavy (non-hydrogen) atoms. The highest BCUT2D eigenvalue weighted by Gasteiger charge is 2.41. The second-order valence-electron chi connectivity index (χ2n) is 21.2. The highest BCUT2D eigenvalue weighted by molar-refractivity contribution is 6.00. The SMILES string of the molecule is CC(C)[C@H](N)C(=O)N1CCC[C@H]1C(=O)N[C@@H](CO)C(=O)N[C@@H](CO)C(=O)NCC(=O)N1CCC[C@H]1C(=O)N[C@@H](CCC(N)=O)C(=O)N[C@@H](CC(=O)O)C(=O)N[C@H](C(=O)N[C@@H](CCCN=C(N)N)C(=O)N[C@H](C(=O)N[C@H](C(=O)O)[C@@H](C)O)[C@@H](C)O)[C@@H](C)O. The zero-order valence-corrected chi connectivity index (χ0v) is 48.8. The van der Waals surface area contributed by atoms with Crippen LogP contribution in [0.2, 0.25) is 0 Å². The van der Waals surface area contributed by atoms with Gasteiger partial charge in [-0.25, -0.2) is 4.79 Å². The van der Waals surface area contributed by atoms with E-state index in [0.29, 0.717) is 6.42 Å². The maximum absolute atomic E-state index is 13.9. The van der Waals surface area contributed by atoms with Crippen LogP contribution in [0.15, 0.2) is 4.99 Å². The lowest BCUT2D eigenvalue weighted by molar-refractivity contribution is -0.146. The summed E-state index contributed by atoms with van der Waals surface area (Å²) in [5.41, 5.74) is 22.1. The van der Waals surface area contributed by atoms with Crippen LogP contribution in [0, 0.1) is 5.92 Å². The fourth-order valence-corrected chi connectivity index (χ4v) is 8.90. The van der Waals surface area contributed by atoms with Crippen molar-refractivity contribution in [2.75, 3.05) is 39.4 Å². The molecule has 0 aliphatic carbocycles. The summed E-state index contributed by atoms with van der Waals surface area (Å²) < 4.78 is 0. The van der Waals surface area contributed by atoms with Gasteiger partial charge in [0.15, 0.2) is 12.0 Å². The number of aliphatic carboxylic acids is 2. The molecule has 2 fully saturated rings. The van der Waals surface area contributed by atoms with Crippen molar-refractivity contribution in [3.8, 4) is 0 Å². The molecule has 0 aromatic carbocycles. The lowest BCUT2D eigenvalue weighted by Gasteiger charge is -2.29. The lowest BCUT2D eigenvalue weighted by atomic mass is 10.0. The number of nitrogens with zero attached hydrogens (tertiary/aromatic N) is 3. The van der Waals surface area contributed by atoms with Gasteiger partial charge < -0.3 is 116 Å². The molecular formula is C50H84N16O21. The number of hydrogen-bond donors (Lipinski definition) is 20. The predicted octanol–water partition coefficient (Wildman–Crippen LogP) is -11.0. The van der Waals surface area contributed by atoms with E-state index in [0.717, 1.165) is 25.7 Å². The van der Waals surface area contributed by atoms with Crippen molar-refractivity contribution in [3.63, 3.8) is 0 Å². The van der Waals surface area contributed by atoms with Crippen molar-refractivity contribution in [2.45, 2.75) is 177 Å². The number of primary amides is 1. The molecule has 490 valence electrons. The zero-order valence-electron chi connectivity index (χ0n) is 48.8. The second kappa shape index (κ2) is 35.9. The molecule has 2 heterocycles. The Morgan fingerprint density at radius 3 is 1.45 bits per heavy atom. The number of nitrogens with two attached hydrogens (primary N) is 4. The van der Waals surface area contributed by atoms with Gasteiger partial charge >= 0.3 is 11.9 Å². The van der Waals surface area contributed by atoms with Crippen molar-refractivity contribution in [3.05, 3.63) is 0 Å². The van der Waals surface area contributed by atoms with E-state index in [1.165, 1.54) is 4.90 Å². The van der Waals surface area contributed by atoms with Gasteiger partial charge in [-0.05, 0) is 71.6 Å². The molecule has 37 nitrogen and oxygen atoms in total. The lowest BCUT2D eigenvalue weighted by Crippen LogP contribution is -2.63. The molecule has 2 rings (SSSR count). The average molecular weight is 1250 g/mol. The van der Waals surface area contributed by atoms with E-state index in [9.17, 15) is 103 Å². The summed E-state index contributed by atoms with van der Waals surface area (Å²) in [7, 11) is 0. The van der Waals surface area contributed by atoms with Crippen LogP contribution < -0.4 is 70.8 Å². The number of guanidine groups is 1. The van der Waals surface area contributed by atoms with E-state index < -0.39 is 207 Å². The third-order valence-corrected chi connectivity index (χ3v) is 13.8. The Labute approximate surface area is 498 Å². The standard InChI is InChI=1S/C50H84N16O21/c1-21(2)35(52)48(85)66-16-8-11-31(66)45(82)61-29(20-68)43(80)60-28(19-67)39(76)56-18-33(73)65-15-7-10-30(65)44(81)57-26(12-13-32(51)72)40(77)59-27(17-34(74)75)42(79)63-36(22(3)69)46(83)58-25(9-6-14-55-50(53)54)41(78)62-37(23(4)70)47(84)64-38(24(5)71)49(86)87/h21-31,35-38,67-71H,6-20,52H2,1-5H3,(H2,51,72)(H,56,76)(H,57,81)(H,58,83)(H,59,77)(H,60,80)(H,61,82)(H,62,78)(H,63,79)(H,64,84)(H,74,75)(H,86,87)(H4,53,54,55)/t22-,23-,24-,25+,26+,27+,28+,29+,30+,31+,35+,36+,37+,38+/m1/s1. The van der Waals surface area contributed by atoms with Gasteiger partial charge in [-0.1, -0.05) is 13.8 Å². The molecule has 24 N–H and O–H groups in total. The fraction of sp³-hybridized carbons (Fsp3) is 0.700. The van der Waals surface area contributed by atoms with Crippen LogP contribution in [0.1, 0.15) is 92.4 Å². The van der Waals surface area contributed by atoms with Crippen molar-refractivity contribution in [1.82, 2.24) is 57.7 Å². The molecular weight excluding hydrogens is 1160 g/mol. The Morgan fingerprint density at radius 1 is 0.540 bits per heavy atom. The van der Waals surface area contributed by atoms with Crippen LogP contribution in [0.5, 0.6) is 0 Å². The average Bonchev–Trinajstić information content (AvgIpc) is 2.48. The number of aliphatic hydroxyl groups is 5. The molecule has 2 aliphatic heterocycles. The first-order chi connectivity index (χ1) is 40.7. The maximum Gasteiger partial charge on any atom is 0.328 e. The molecule has 0 aromatic heterocycles. The third-order valence-electron chi connectivity index (χ3n) is 13.8. The Kier molecular flexibility index (Phi) is 30.8. The summed E-state index contributed by atoms with van der Waals surface area (Å²) in [4.78, 5) is 190. The molecule has 12 amide bonds. The number of likely N-dealkylation sites (tertiary alicyclic amines) is 2. The van der Waals surface area contributed by atoms with Gasteiger partial charge in [-0.2, -0.15) is 0 Å². The van der Waals surface area contributed by atoms with Crippen LogP contribution in [-0.4, -0.2) is 258 Å². The Hall–Kier alpha value is -8.39. The zero-order chi connectivity index (χ0) is 66.2. The first-order valence-corrected chi connectivity index (χ1v) is 27.8. The number of aliphatic hydroxyl groups excluding tert-OH is 5. The topological polar surface area (TPSA) is 612 Å². The number of carbonyl (C=O) groups is 14. The van der Waals surface area contributed by atoms with Crippen LogP contribution in [0.25, 0.3) is 0 Å². The number of amides is 12.